The number of aryl methyl sites for hydroxylation is 2. The van der Waals surface area contributed by atoms with Gasteiger partial charge in [-0.25, -0.2) is 4.98 Å². The minimum Gasteiger partial charge on any atom is -0.459 e. The van der Waals surface area contributed by atoms with E-state index in [4.69, 9.17) is 4.42 Å². The third kappa shape index (κ3) is 3.01. The molecule has 134 valence electrons. The largest absolute Gasteiger partial charge is 0.459 e. The first kappa shape index (κ1) is 16.8. The molecule has 0 N–H and O–H groups in total. The SMILES string of the molecule is Cc1ccc(-c2nc(C)c(C(=O)N3CCN(C)c4ccccc4C3)s2)o1. The predicted octanol–water partition coefficient (Wildman–Crippen LogP) is 4.11. The number of benzene rings is 1. The average molecular weight is 367 g/mol. The van der Waals surface area contributed by atoms with Crippen LogP contribution in [-0.4, -0.2) is 35.9 Å². The van der Waals surface area contributed by atoms with E-state index >= 15 is 0 Å². The molecule has 0 saturated carbocycles. The highest BCUT2D eigenvalue weighted by atomic mass is 32.1. The summed E-state index contributed by atoms with van der Waals surface area (Å²) in [5.41, 5.74) is 3.12. The molecule has 1 amide bonds. The molecule has 5 nitrogen and oxygen atoms in total. The monoisotopic (exact) mass is 367 g/mol. The van der Waals surface area contributed by atoms with Crippen molar-refractivity contribution in [3.05, 3.63) is 58.3 Å². The Morgan fingerprint density at radius 3 is 2.73 bits per heavy atom. The maximum absolute atomic E-state index is 13.2. The van der Waals surface area contributed by atoms with Gasteiger partial charge in [0.2, 0.25) is 0 Å². The lowest BCUT2D eigenvalue weighted by molar-refractivity contribution is 0.0755. The molecule has 3 heterocycles. The topological polar surface area (TPSA) is 49.6 Å². The smallest absolute Gasteiger partial charge is 0.266 e. The number of amides is 1. The first-order valence-corrected chi connectivity index (χ1v) is 9.47. The number of thiazole rings is 1. The van der Waals surface area contributed by atoms with Gasteiger partial charge in [0.25, 0.3) is 5.91 Å². The molecule has 6 heteroatoms. The number of carbonyl (C=O) groups excluding carboxylic acids is 1. The van der Waals surface area contributed by atoms with Gasteiger partial charge in [0, 0.05) is 32.4 Å². The number of fused-ring (bicyclic) bond motifs is 1. The number of para-hydroxylation sites is 1. The molecule has 0 bridgehead atoms. The van der Waals surface area contributed by atoms with Gasteiger partial charge in [-0.3, -0.25) is 4.79 Å². The molecule has 1 aliphatic heterocycles. The Kier molecular flexibility index (Phi) is 4.28. The van der Waals surface area contributed by atoms with Crippen molar-refractivity contribution in [2.24, 2.45) is 0 Å². The molecule has 0 aliphatic carbocycles. The molecule has 1 aromatic carbocycles. The number of furan rings is 1. The third-order valence-electron chi connectivity index (χ3n) is 4.70. The van der Waals surface area contributed by atoms with Crippen molar-refractivity contribution >= 4 is 22.9 Å². The number of likely N-dealkylation sites (N-methyl/N-ethyl adjacent to an activating group) is 1. The van der Waals surface area contributed by atoms with Crippen molar-refractivity contribution in [1.82, 2.24) is 9.88 Å². The van der Waals surface area contributed by atoms with Crippen LogP contribution in [0.4, 0.5) is 5.69 Å². The van der Waals surface area contributed by atoms with Crippen LogP contribution in [0.15, 0.2) is 40.8 Å². The fraction of sp³-hybridized carbons (Fsp3) is 0.300. The third-order valence-corrected chi connectivity index (χ3v) is 5.86. The van der Waals surface area contributed by atoms with Crippen LogP contribution in [0, 0.1) is 13.8 Å². The summed E-state index contributed by atoms with van der Waals surface area (Å²) in [6.07, 6.45) is 0. The van der Waals surface area contributed by atoms with Crippen molar-refractivity contribution in [2.75, 3.05) is 25.0 Å². The van der Waals surface area contributed by atoms with Crippen LogP contribution < -0.4 is 4.90 Å². The Bertz CT molecular complexity index is 960. The van der Waals surface area contributed by atoms with Crippen LogP contribution in [-0.2, 0) is 6.54 Å². The summed E-state index contributed by atoms with van der Waals surface area (Å²) >= 11 is 1.41. The lowest BCUT2D eigenvalue weighted by Gasteiger charge is -2.20. The number of hydrogen-bond donors (Lipinski definition) is 0. The summed E-state index contributed by atoms with van der Waals surface area (Å²) in [5, 5.41) is 0.756. The van der Waals surface area contributed by atoms with E-state index < -0.39 is 0 Å². The fourth-order valence-electron chi connectivity index (χ4n) is 3.26. The summed E-state index contributed by atoms with van der Waals surface area (Å²) in [5.74, 6) is 1.60. The van der Waals surface area contributed by atoms with Crippen LogP contribution in [0.5, 0.6) is 0 Å². The van der Waals surface area contributed by atoms with E-state index in [1.54, 1.807) is 0 Å². The first-order valence-electron chi connectivity index (χ1n) is 8.65. The zero-order chi connectivity index (χ0) is 18.3. The van der Waals surface area contributed by atoms with Crippen LogP contribution in [0.2, 0.25) is 0 Å². The van der Waals surface area contributed by atoms with E-state index in [1.165, 1.54) is 22.6 Å². The van der Waals surface area contributed by atoms with Gasteiger partial charge in [0.05, 0.1) is 5.69 Å². The number of nitrogens with zero attached hydrogens (tertiary/aromatic N) is 3. The molecule has 4 rings (SSSR count). The number of hydrogen-bond acceptors (Lipinski definition) is 5. The van der Waals surface area contributed by atoms with Crippen molar-refractivity contribution in [3.63, 3.8) is 0 Å². The van der Waals surface area contributed by atoms with Gasteiger partial charge in [-0.2, -0.15) is 0 Å². The van der Waals surface area contributed by atoms with Crippen molar-refractivity contribution in [3.8, 4) is 10.8 Å². The summed E-state index contributed by atoms with van der Waals surface area (Å²) in [7, 11) is 2.07. The first-order chi connectivity index (χ1) is 12.5. The summed E-state index contributed by atoms with van der Waals surface area (Å²) in [4.78, 5) is 22.6. The second kappa shape index (κ2) is 6.61. The van der Waals surface area contributed by atoms with Crippen molar-refractivity contribution in [2.45, 2.75) is 20.4 Å². The van der Waals surface area contributed by atoms with Gasteiger partial charge >= 0.3 is 0 Å². The van der Waals surface area contributed by atoms with Crippen LogP contribution in [0.25, 0.3) is 10.8 Å². The lowest BCUT2D eigenvalue weighted by atomic mass is 10.1. The quantitative estimate of drug-likeness (QED) is 0.684. The van der Waals surface area contributed by atoms with Crippen molar-refractivity contribution in [1.29, 1.82) is 0 Å². The Hall–Kier alpha value is -2.60. The second-order valence-corrected chi connectivity index (χ2v) is 7.62. The number of rotatable bonds is 2. The summed E-state index contributed by atoms with van der Waals surface area (Å²) in [6.45, 7) is 5.91. The Balaban J connectivity index is 1.63. The number of carbonyl (C=O) groups is 1. The minimum atomic E-state index is 0.0413. The maximum Gasteiger partial charge on any atom is 0.266 e. The summed E-state index contributed by atoms with van der Waals surface area (Å²) < 4.78 is 5.66. The predicted molar refractivity (Wildman–Crippen MR) is 104 cm³/mol. The normalized spacial score (nSPS) is 14.3. The van der Waals surface area contributed by atoms with Crippen molar-refractivity contribution < 1.29 is 9.21 Å². The molecule has 0 spiro atoms. The Labute approximate surface area is 156 Å². The fourth-order valence-corrected chi connectivity index (χ4v) is 4.26. The van der Waals surface area contributed by atoms with Gasteiger partial charge < -0.3 is 14.2 Å². The Morgan fingerprint density at radius 2 is 1.96 bits per heavy atom. The zero-order valence-corrected chi connectivity index (χ0v) is 16.0. The van der Waals surface area contributed by atoms with Crippen LogP contribution in [0.1, 0.15) is 26.7 Å². The van der Waals surface area contributed by atoms with Crippen LogP contribution in [0.3, 0.4) is 0 Å². The van der Waals surface area contributed by atoms with E-state index in [9.17, 15) is 4.79 Å². The number of aromatic nitrogens is 1. The standard InChI is InChI=1S/C20H21N3O2S/c1-13-8-9-17(25-13)19-21-14(2)18(26-19)20(24)23-11-10-22(3)16-7-5-4-6-15(16)12-23/h4-9H,10-12H2,1-3H3. The van der Waals surface area contributed by atoms with E-state index in [-0.39, 0.29) is 5.91 Å². The highest BCUT2D eigenvalue weighted by Gasteiger charge is 2.26. The molecule has 0 saturated heterocycles. The molecule has 0 fully saturated rings. The Morgan fingerprint density at radius 1 is 1.15 bits per heavy atom. The molecule has 0 radical (unpaired) electrons. The van der Waals surface area contributed by atoms with Gasteiger partial charge in [0.1, 0.15) is 10.6 Å². The molecule has 0 unspecified atom stereocenters. The maximum atomic E-state index is 13.2. The van der Waals surface area contributed by atoms with E-state index in [0.717, 1.165) is 28.8 Å². The molecule has 1 aliphatic rings. The number of anilines is 1. The highest BCUT2D eigenvalue weighted by molar-refractivity contribution is 7.17. The minimum absolute atomic E-state index is 0.0413. The van der Waals surface area contributed by atoms with Gasteiger partial charge in [-0.15, -0.1) is 11.3 Å². The summed E-state index contributed by atoms with van der Waals surface area (Å²) in [6, 6.07) is 12.1. The van der Waals surface area contributed by atoms with Gasteiger partial charge in [0.15, 0.2) is 10.8 Å². The average Bonchev–Trinajstić information content (AvgIpc) is 3.19. The highest BCUT2D eigenvalue weighted by Crippen LogP contribution is 2.31. The zero-order valence-electron chi connectivity index (χ0n) is 15.2. The lowest BCUT2D eigenvalue weighted by Crippen LogP contribution is -2.34. The van der Waals surface area contributed by atoms with Gasteiger partial charge in [-0.1, -0.05) is 18.2 Å². The molecule has 3 aromatic rings. The molecule has 2 aromatic heterocycles. The van der Waals surface area contributed by atoms with E-state index in [2.05, 4.69) is 29.1 Å². The molecule has 0 atom stereocenters. The van der Waals surface area contributed by atoms with E-state index in [1.807, 2.05) is 43.0 Å². The van der Waals surface area contributed by atoms with Gasteiger partial charge in [-0.05, 0) is 37.6 Å². The van der Waals surface area contributed by atoms with Crippen LogP contribution >= 0.6 is 11.3 Å². The molecular weight excluding hydrogens is 346 g/mol. The molecular formula is C20H21N3O2S. The molecule has 26 heavy (non-hydrogen) atoms. The van der Waals surface area contributed by atoms with E-state index in [0.29, 0.717) is 18.0 Å². The second-order valence-electron chi connectivity index (χ2n) is 6.62.